The van der Waals surface area contributed by atoms with E-state index >= 15 is 0 Å². The number of aliphatic hydroxyl groups excluding tert-OH is 4. The van der Waals surface area contributed by atoms with Gasteiger partial charge in [-0.25, -0.2) is 10.0 Å². The van der Waals surface area contributed by atoms with E-state index in [1.807, 2.05) is 0 Å². The monoisotopic (exact) mass is 909 g/mol. The molecule has 0 spiro atoms. The fourth-order valence-corrected chi connectivity index (χ4v) is 9.95. The van der Waals surface area contributed by atoms with E-state index in [0.717, 1.165) is 83.0 Å². The van der Waals surface area contributed by atoms with Gasteiger partial charge in [0.25, 0.3) is 0 Å². The summed E-state index contributed by atoms with van der Waals surface area (Å²) in [6, 6.07) is 0. The molecule has 0 aromatic rings. The number of rotatable bonds is 54. The topological polar surface area (TPSA) is 87.4 Å². The van der Waals surface area contributed by atoms with Crippen LogP contribution in [0.15, 0.2) is 0 Å². The Morgan fingerprint density at radius 2 is 0.406 bits per heavy atom. The first-order valence-electron chi connectivity index (χ1n) is 29.5. The molecule has 0 aliphatic rings. The normalized spacial score (nSPS) is 14.5. The highest BCUT2D eigenvalue weighted by Crippen LogP contribution is 2.22. The smallest absolute Gasteiger partial charge is 0.0681 e. The Morgan fingerprint density at radius 3 is 0.625 bits per heavy atom. The number of hydrogen-bond acceptors (Lipinski definition) is 6. The Hall–Kier alpha value is -0.240. The second kappa shape index (κ2) is 50.6. The van der Waals surface area contributed by atoms with Crippen LogP contribution in [0.4, 0.5) is 0 Å². The molecule has 0 fully saturated rings. The van der Waals surface area contributed by atoms with Gasteiger partial charge in [-0.2, -0.15) is 0 Å². The van der Waals surface area contributed by atoms with E-state index < -0.39 is 24.4 Å². The summed E-state index contributed by atoms with van der Waals surface area (Å²) in [5, 5.41) is 50.4. The molecule has 0 heterocycles. The van der Waals surface area contributed by atoms with Crippen molar-refractivity contribution in [3.63, 3.8) is 0 Å². The van der Waals surface area contributed by atoms with E-state index in [9.17, 15) is 20.4 Å². The zero-order valence-electron chi connectivity index (χ0n) is 44.5. The largest absolute Gasteiger partial charge is 0.392 e. The summed E-state index contributed by atoms with van der Waals surface area (Å²) in [5.74, 6) is 0.865. The molecule has 386 valence electrons. The molecule has 0 bridgehead atoms. The van der Waals surface area contributed by atoms with Gasteiger partial charge in [0.05, 0.1) is 24.4 Å². The summed E-state index contributed by atoms with van der Waals surface area (Å²) < 4.78 is 0. The summed E-state index contributed by atoms with van der Waals surface area (Å²) in [6.07, 6.45) is 52.2. The summed E-state index contributed by atoms with van der Waals surface area (Å²) in [7, 11) is 0. The molecule has 0 saturated carbocycles. The maximum atomic E-state index is 11.6. The second-order valence-electron chi connectivity index (χ2n) is 21.0. The number of nitrogens with zero attached hydrogens (tertiary/aromatic N) is 2. The van der Waals surface area contributed by atoms with Gasteiger partial charge in [-0.15, -0.1) is 0 Å². The standard InChI is InChI=1S/C58H120N2O4/c1-6-11-15-18-21-24-27-30-33-40-46-55(61)50-59(51-56(62)47-41-34-31-28-25-22-19-16-12-7-2)60(52-57(63)48-42-35-32-29-26-23-20-17-13-8-3)53-58(64)49-43-37-36-39-45-54(10-5)44-38-14-9-4/h54-58,61-64H,6-53H2,1-5H3. The van der Waals surface area contributed by atoms with E-state index in [1.165, 1.54) is 205 Å². The first-order chi connectivity index (χ1) is 31.3. The molecule has 0 aliphatic carbocycles. The lowest BCUT2D eigenvalue weighted by Gasteiger charge is -2.39. The van der Waals surface area contributed by atoms with Gasteiger partial charge in [0.1, 0.15) is 0 Å². The second-order valence-corrected chi connectivity index (χ2v) is 21.0. The van der Waals surface area contributed by atoms with E-state index in [2.05, 4.69) is 44.6 Å². The Balaban J connectivity index is 5.49. The number of hydrogen-bond donors (Lipinski definition) is 4. The van der Waals surface area contributed by atoms with Crippen molar-refractivity contribution in [2.24, 2.45) is 5.92 Å². The van der Waals surface area contributed by atoms with Crippen molar-refractivity contribution in [3.8, 4) is 0 Å². The van der Waals surface area contributed by atoms with Crippen molar-refractivity contribution < 1.29 is 20.4 Å². The Bertz CT molecular complexity index is 845. The van der Waals surface area contributed by atoms with Crippen LogP contribution in [0.3, 0.4) is 0 Å². The molecule has 0 saturated heterocycles. The van der Waals surface area contributed by atoms with Gasteiger partial charge >= 0.3 is 0 Å². The Labute approximate surface area is 402 Å². The summed E-state index contributed by atoms with van der Waals surface area (Å²) in [6.45, 7) is 13.3. The molecular formula is C58H120N2O4. The summed E-state index contributed by atoms with van der Waals surface area (Å²) in [4.78, 5) is 0. The molecule has 5 unspecified atom stereocenters. The number of unbranched alkanes of at least 4 members (excludes halogenated alkanes) is 32. The first kappa shape index (κ1) is 63.8. The third kappa shape index (κ3) is 44.3. The maximum absolute atomic E-state index is 11.6. The molecule has 0 aromatic carbocycles. The molecule has 0 radical (unpaired) electrons. The molecule has 0 amide bonds. The van der Waals surface area contributed by atoms with Crippen LogP contribution < -0.4 is 0 Å². The predicted molar refractivity (Wildman–Crippen MR) is 282 cm³/mol. The Morgan fingerprint density at radius 1 is 0.234 bits per heavy atom. The van der Waals surface area contributed by atoms with Crippen molar-refractivity contribution >= 4 is 0 Å². The SMILES string of the molecule is CCCCCCCCCCCCC(O)CN(CC(O)CCCCCCCCCCCC)N(CC(O)CCCCCCCCCCCC)CC(O)CCCCCCC(CC)CCCCC. The highest BCUT2D eigenvalue weighted by atomic mass is 16.3. The minimum Gasteiger partial charge on any atom is -0.392 e. The third-order valence-corrected chi connectivity index (χ3v) is 14.5. The van der Waals surface area contributed by atoms with E-state index in [-0.39, 0.29) is 0 Å². The lowest BCUT2D eigenvalue weighted by atomic mass is 9.92. The lowest BCUT2D eigenvalue weighted by Crippen LogP contribution is -2.54. The van der Waals surface area contributed by atoms with E-state index in [4.69, 9.17) is 0 Å². The van der Waals surface area contributed by atoms with Gasteiger partial charge in [-0.3, -0.25) is 0 Å². The summed E-state index contributed by atoms with van der Waals surface area (Å²) in [5.41, 5.74) is 0. The molecule has 0 aliphatic heterocycles. The lowest BCUT2D eigenvalue weighted by molar-refractivity contribution is -0.111. The fraction of sp³-hybridized carbons (Fsp3) is 1.00. The average molecular weight is 910 g/mol. The number of hydrazine groups is 1. The maximum Gasteiger partial charge on any atom is 0.0681 e. The zero-order chi connectivity index (χ0) is 47.0. The molecule has 0 aromatic heterocycles. The molecule has 6 nitrogen and oxygen atoms in total. The van der Waals surface area contributed by atoms with Crippen molar-refractivity contribution in [2.75, 3.05) is 26.2 Å². The fourth-order valence-electron chi connectivity index (χ4n) is 9.95. The van der Waals surface area contributed by atoms with E-state index in [1.54, 1.807) is 0 Å². The third-order valence-electron chi connectivity index (χ3n) is 14.5. The first-order valence-corrected chi connectivity index (χ1v) is 29.5. The molecule has 64 heavy (non-hydrogen) atoms. The molecule has 0 rings (SSSR count). The minimum absolute atomic E-state index is 0.445. The van der Waals surface area contributed by atoms with E-state index in [0.29, 0.717) is 26.2 Å². The van der Waals surface area contributed by atoms with Gasteiger partial charge in [0.2, 0.25) is 0 Å². The molecule has 4 N–H and O–H groups in total. The van der Waals surface area contributed by atoms with Crippen LogP contribution in [0.2, 0.25) is 0 Å². The van der Waals surface area contributed by atoms with Gasteiger partial charge in [-0.05, 0) is 31.6 Å². The minimum atomic E-state index is -0.498. The number of aliphatic hydroxyl groups is 4. The predicted octanol–water partition coefficient (Wildman–Crippen LogP) is 16.8. The van der Waals surface area contributed by atoms with Crippen LogP contribution in [0.5, 0.6) is 0 Å². The van der Waals surface area contributed by atoms with Crippen LogP contribution in [0, 0.1) is 5.92 Å². The van der Waals surface area contributed by atoms with Gasteiger partial charge in [0.15, 0.2) is 0 Å². The molecular weight excluding hydrogens is 789 g/mol. The van der Waals surface area contributed by atoms with Gasteiger partial charge in [-0.1, -0.05) is 291 Å². The van der Waals surface area contributed by atoms with Crippen molar-refractivity contribution in [3.05, 3.63) is 0 Å². The van der Waals surface area contributed by atoms with Crippen LogP contribution in [0.25, 0.3) is 0 Å². The molecule has 5 atom stereocenters. The highest BCUT2D eigenvalue weighted by Gasteiger charge is 2.26. The van der Waals surface area contributed by atoms with Crippen molar-refractivity contribution in [1.29, 1.82) is 0 Å². The van der Waals surface area contributed by atoms with Crippen LogP contribution in [0.1, 0.15) is 317 Å². The Kier molecular flexibility index (Phi) is 50.4. The van der Waals surface area contributed by atoms with Gasteiger partial charge in [0, 0.05) is 26.2 Å². The molecule has 6 heteroatoms. The van der Waals surface area contributed by atoms with Crippen LogP contribution in [-0.2, 0) is 0 Å². The van der Waals surface area contributed by atoms with Gasteiger partial charge < -0.3 is 20.4 Å². The van der Waals surface area contributed by atoms with Crippen LogP contribution >= 0.6 is 0 Å². The quantitative estimate of drug-likeness (QED) is 0.0359. The van der Waals surface area contributed by atoms with Crippen molar-refractivity contribution in [1.82, 2.24) is 10.0 Å². The highest BCUT2D eigenvalue weighted by molar-refractivity contribution is 4.75. The average Bonchev–Trinajstić information content (AvgIpc) is 3.28. The zero-order valence-corrected chi connectivity index (χ0v) is 44.5. The van der Waals surface area contributed by atoms with Crippen molar-refractivity contribution in [2.45, 2.75) is 342 Å². The summed E-state index contributed by atoms with van der Waals surface area (Å²) >= 11 is 0. The van der Waals surface area contributed by atoms with Crippen LogP contribution in [-0.4, -0.2) is 81.0 Å².